The van der Waals surface area contributed by atoms with Crippen LogP contribution in [0.1, 0.15) is 83.1 Å². The smallest absolute Gasteiger partial charge is 0.261 e. The summed E-state index contributed by atoms with van der Waals surface area (Å²) in [5, 5.41) is 9.20. The third-order valence-electron chi connectivity index (χ3n) is 4.41. The molecule has 0 unspecified atom stereocenters. The van der Waals surface area contributed by atoms with Gasteiger partial charge in [0, 0.05) is 6.61 Å². The first-order valence-corrected chi connectivity index (χ1v) is 12.4. The second-order valence-electron chi connectivity index (χ2n) is 7.28. The quantitative estimate of drug-likeness (QED) is 0.296. The Morgan fingerprint density at radius 3 is 1.89 bits per heavy atom. The van der Waals surface area contributed by atoms with Crippen LogP contribution in [0.2, 0.25) is 0 Å². The van der Waals surface area contributed by atoms with E-state index in [-0.39, 0.29) is 12.7 Å². The molecule has 0 radical (unpaired) electrons. The van der Waals surface area contributed by atoms with Crippen molar-refractivity contribution in [2.75, 3.05) is 12.9 Å². The van der Waals surface area contributed by atoms with Gasteiger partial charge in [-0.25, -0.2) is 0 Å². The summed E-state index contributed by atoms with van der Waals surface area (Å²) in [5.74, 6) is 0. The van der Waals surface area contributed by atoms with Crippen LogP contribution in [-0.4, -0.2) is 37.0 Å². The molecule has 2 N–H and O–H groups in total. The fourth-order valence-electron chi connectivity index (χ4n) is 2.93. The van der Waals surface area contributed by atoms with Crippen LogP contribution < -0.4 is 0 Å². The van der Waals surface area contributed by atoms with Gasteiger partial charge < -0.3 is 9.84 Å². The van der Waals surface area contributed by atoms with E-state index in [0.717, 1.165) is 12.8 Å². The third-order valence-corrected chi connectivity index (χ3v) is 4.41. The van der Waals surface area contributed by atoms with E-state index in [2.05, 4.69) is 19.1 Å². The van der Waals surface area contributed by atoms with Gasteiger partial charge in [0.15, 0.2) is 0 Å². The van der Waals surface area contributed by atoms with Crippen LogP contribution in [-0.2, 0) is 21.5 Å². The first-order chi connectivity index (χ1) is 13.4. The number of aliphatic hydroxyl groups is 1. The van der Waals surface area contributed by atoms with E-state index in [1.807, 2.05) is 18.2 Å². The van der Waals surface area contributed by atoms with Crippen LogP contribution in [0, 0.1) is 0 Å². The van der Waals surface area contributed by atoms with Gasteiger partial charge in [0.2, 0.25) is 0 Å². The molecule has 0 aliphatic heterocycles. The Morgan fingerprint density at radius 2 is 1.39 bits per heavy atom. The molecule has 0 heterocycles. The van der Waals surface area contributed by atoms with E-state index in [4.69, 9.17) is 9.29 Å². The number of unbranched alkanes of at least 4 members (excludes halogenated alkanes) is 8. The molecule has 0 bridgehead atoms. The Labute approximate surface area is 172 Å². The normalized spacial score (nSPS) is 12.3. The summed E-state index contributed by atoms with van der Waals surface area (Å²) in [6, 6.07) is 10.3. The molecule has 0 saturated heterocycles. The minimum atomic E-state index is -3.67. The van der Waals surface area contributed by atoms with Crippen molar-refractivity contribution in [3.63, 3.8) is 0 Å². The molecular weight excluding hydrogens is 376 g/mol. The summed E-state index contributed by atoms with van der Waals surface area (Å²) < 4.78 is 31.8. The summed E-state index contributed by atoms with van der Waals surface area (Å²) in [7, 11) is -3.67. The third kappa shape index (κ3) is 21.4. The van der Waals surface area contributed by atoms with E-state index in [1.165, 1.54) is 63.4 Å². The van der Waals surface area contributed by atoms with Crippen molar-refractivity contribution < 1.29 is 22.8 Å². The Hall–Kier alpha value is -0.950. The number of hydrogen-bond donors (Lipinski definition) is 2. The highest BCUT2D eigenvalue weighted by Gasteiger charge is 2.08. The van der Waals surface area contributed by atoms with Gasteiger partial charge in [-0.15, -0.1) is 0 Å². The van der Waals surface area contributed by atoms with Crippen molar-refractivity contribution in [1.29, 1.82) is 0 Å². The number of hydrogen-bond acceptors (Lipinski definition) is 4. The van der Waals surface area contributed by atoms with Gasteiger partial charge in [-0.1, -0.05) is 95.0 Å². The van der Waals surface area contributed by atoms with E-state index >= 15 is 0 Å². The zero-order valence-electron chi connectivity index (χ0n) is 17.7. The minimum absolute atomic E-state index is 0.199. The number of rotatable bonds is 15. The maximum atomic E-state index is 9.20. The summed E-state index contributed by atoms with van der Waals surface area (Å²) in [4.78, 5) is 0. The second-order valence-corrected chi connectivity index (χ2v) is 8.75. The molecule has 164 valence electrons. The number of ether oxygens (including phenoxy) is 1. The molecule has 1 aromatic carbocycles. The Morgan fingerprint density at radius 1 is 0.893 bits per heavy atom. The first kappa shape index (κ1) is 27.0. The molecule has 1 aromatic rings. The van der Waals surface area contributed by atoms with E-state index < -0.39 is 10.1 Å². The Bertz CT molecular complexity index is 537. The van der Waals surface area contributed by atoms with Gasteiger partial charge in [-0.3, -0.25) is 4.55 Å². The number of benzene rings is 1. The summed E-state index contributed by atoms with van der Waals surface area (Å²) in [6.45, 7) is 3.14. The zero-order valence-corrected chi connectivity index (χ0v) is 18.5. The van der Waals surface area contributed by atoms with Crippen molar-refractivity contribution >= 4 is 10.1 Å². The largest absolute Gasteiger partial charge is 0.396 e. The van der Waals surface area contributed by atoms with Crippen molar-refractivity contribution in [2.45, 2.75) is 90.3 Å². The van der Waals surface area contributed by atoms with Gasteiger partial charge in [0.1, 0.15) is 0 Å². The van der Waals surface area contributed by atoms with Crippen LogP contribution in [0.5, 0.6) is 0 Å². The average molecular weight is 417 g/mol. The van der Waals surface area contributed by atoms with Crippen LogP contribution >= 0.6 is 0 Å². The van der Waals surface area contributed by atoms with Crippen molar-refractivity contribution in [3.05, 3.63) is 35.9 Å². The Balaban J connectivity index is 0.00000129. The lowest BCUT2D eigenvalue weighted by molar-refractivity contribution is 0.0174. The predicted octanol–water partition coefficient (Wildman–Crippen LogP) is 5.38. The average Bonchev–Trinajstić information content (AvgIpc) is 2.64. The molecule has 28 heavy (non-hydrogen) atoms. The fraction of sp³-hybridized carbons (Fsp3) is 0.727. The summed E-state index contributed by atoms with van der Waals surface area (Å²) >= 11 is 0. The highest BCUT2D eigenvalue weighted by Crippen LogP contribution is 2.15. The highest BCUT2D eigenvalue weighted by atomic mass is 32.2. The topological polar surface area (TPSA) is 83.8 Å². The van der Waals surface area contributed by atoms with Gasteiger partial charge >= 0.3 is 0 Å². The van der Waals surface area contributed by atoms with Gasteiger partial charge in [0.05, 0.1) is 19.0 Å². The van der Waals surface area contributed by atoms with E-state index in [0.29, 0.717) is 12.9 Å². The van der Waals surface area contributed by atoms with E-state index in [1.54, 1.807) is 0 Å². The lowest BCUT2D eigenvalue weighted by Gasteiger charge is -2.17. The molecule has 0 aliphatic rings. The minimum Gasteiger partial charge on any atom is -0.396 e. The Kier molecular flexibility index (Phi) is 17.5. The van der Waals surface area contributed by atoms with Crippen LogP contribution in [0.15, 0.2) is 30.3 Å². The van der Waals surface area contributed by atoms with Gasteiger partial charge in [-0.05, 0) is 18.4 Å². The molecule has 0 spiro atoms. The molecular formula is C22H40O5S. The van der Waals surface area contributed by atoms with Crippen LogP contribution in [0.3, 0.4) is 0 Å². The van der Waals surface area contributed by atoms with Crippen LogP contribution in [0.25, 0.3) is 0 Å². The molecule has 0 amide bonds. The molecule has 0 saturated carbocycles. The summed E-state index contributed by atoms with van der Waals surface area (Å²) in [6.07, 6.45) is 14.9. The maximum Gasteiger partial charge on any atom is 0.261 e. The van der Waals surface area contributed by atoms with Crippen LogP contribution in [0.4, 0.5) is 0 Å². The maximum absolute atomic E-state index is 9.20. The molecule has 0 aliphatic carbocycles. The molecule has 1 atom stereocenters. The molecule has 0 aromatic heterocycles. The van der Waals surface area contributed by atoms with E-state index in [9.17, 15) is 13.5 Å². The predicted molar refractivity (Wildman–Crippen MR) is 116 cm³/mol. The monoisotopic (exact) mass is 416 g/mol. The standard InChI is InChI=1S/C21H36O2.CH4O3S/c1-2-3-4-5-6-7-8-9-13-16-21(17-18-22)23-19-20-14-11-10-12-15-20;1-5(2,3)4/h10-12,14-15,21-22H,2-9,13,16-19H2,1H3;1H3,(H,2,3,4)/t21-;/m1./s1. The second kappa shape index (κ2) is 18.1. The lowest BCUT2D eigenvalue weighted by Crippen LogP contribution is -2.14. The molecule has 6 heteroatoms. The zero-order chi connectivity index (χ0) is 21.1. The number of aliphatic hydroxyl groups excluding tert-OH is 1. The molecule has 1 rings (SSSR count). The van der Waals surface area contributed by atoms with Crippen molar-refractivity contribution in [3.8, 4) is 0 Å². The molecule has 0 fully saturated rings. The van der Waals surface area contributed by atoms with Crippen molar-refractivity contribution in [1.82, 2.24) is 0 Å². The fourth-order valence-corrected chi connectivity index (χ4v) is 2.93. The SMILES string of the molecule is CCCCCCCCCCC[C@H](CCO)OCc1ccccc1.CS(=O)(=O)O. The van der Waals surface area contributed by atoms with Gasteiger partial charge in [0.25, 0.3) is 10.1 Å². The first-order valence-electron chi connectivity index (χ1n) is 10.6. The van der Waals surface area contributed by atoms with Gasteiger partial charge in [-0.2, -0.15) is 8.42 Å². The lowest BCUT2D eigenvalue weighted by atomic mass is 10.0. The summed E-state index contributed by atoms with van der Waals surface area (Å²) in [5.41, 5.74) is 1.21. The molecule has 5 nitrogen and oxygen atoms in total. The highest BCUT2D eigenvalue weighted by molar-refractivity contribution is 7.85. The van der Waals surface area contributed by atoms with Crippen molar-refractivity contribution in [2.24, 2.45) is 0 Å².